The molecule has 0 unspecified atom stereocenters. The number of halogens is 6. The second-order valence-electron chi connectivity index (χ2n) is 36.0. The molecule has 29 heteroatoms. The summed E-state index contributed by atoms with van der Waals surface area (Å²) in [6, 6.07) is 61.0. The van der Waals surface area contributed by atoms with Crippen LogP contribution in [0.3, 0.4) is 0 Å². The SMILES string of the molecule is C=CCCC(=O)c1ccc(C)cc1F.CCNC(=O)c1ccc(C)cc1F.COCCN(CCOC)C(=O)c1ccc(C)cc1.CON(C)C(=O)c1ccc(C)cc1F.Cc1ccc(C(=O)CCCCN(C)C)cc1.Cc1ccc(C(=O)N(C)C)c(F)c1.Cc1ccc(C(=O)N2CCC(N3CCCC3)CC2)cc1.Cc1ccc(C(=O)NC(C)(C)C)c(F)c1.Cc1ccc(C(=O)NCc2ccccc2)c(F)c1.O=C=O. The number of carbonyl (C=O) groups excluding carboxylic acids is 11. The summed E-state index contributed by atoms with van der Waals surface area (Å²) in [6.07, 6.45) is 10.5. The van der Waals surface area contributed by atoms with Crippen LogP contribution in [0, 0.1) is 97.2 Å². The predicted molar refractivity (Wildman–Crippen MR) is 555 cm³/mol. The van der Waals surface area contributed by atoms with Crippen LogP contribution in [0.15, 0.2) is 225 Å². The van der Waals surface area contributed by atoms with Gasteiger partial charge in [-0.3, -0.25) is 48.0 Å². The third-order valence-electron chi connectivity index (χ3n) is 22.0. The highest BCUT2D eigenvalue weighted by atomic mass is 19.1. The average Bonchev–Trinajstić information content (AvgIpc) is 1.53. The Bertz CT molecular complexity index is 5710. The normalized spacial score (nSPS) is 11.7. The number of hydrogen-bond acceptors (Lipinski definition) is 16. The quantitative estimate of drug-likeness (QED) is 0.0135. The number of carbonyl (C=O) groups is 9. The van der Waals surface area contributed by atoms with Gasteiger partial charge in [0.2, 0.25) is 0 Å². The standard InChI is InChI=1S/C17H24N2O.C15H14FNO.C14H21NO3.C14H21NO.C12H16FNO.C12H13FO.C10H12FNO2.2C10H12FNO.CO2/c1-14-4-6-15(7-5-14)17(20)19-12-8-16(9-13-19)18-10-2-3-11-18;1-11-7-8-13(14(16)9-11)15(18)17-10-12-5-3-2-4-6-12;1-12-4-6-13(7-5-12)14(16)15(8-10-17-2)9-11-18-3;1-12-7-9-13(10-8-12)14(16)6-4-5-11-15(2)3;1-8-5-6-9(10(13)7-8)11(15)14-12(2,3)4;1-3-4-5-12(14)10-7-6-9(2)8-11(10)13;1-7-4-5-8(9(11)6-7)10(13)12(2)14-3;1-7-4-5-8(9(11)6-7)10(13)12(2)3;1-3-12-10(13)8-5-4-7(2)6-9(8)11;2-1-3/h4-7,16H,2-3,8-13H2,1H3;2-9H,10H2,1H3,(H,17,18);4-7H,8-11H2,1-3H3;7-10H,4-6,11H2,1-3H3;5-7H,1-4H3,(H,14,15);3,6-8H,1,4-5H2,2H3;4-6H,1-3H3;4-6H,1-3H3;4-6H,3H2,1-2H3,(H,12,13);. The number of amides is 7. The van der Waals surface area contributed by atoms with Gasteiger partial charge >= 0.3 is 6.15 Å². The van der Waals surface area contributed by atoms with E-state index in [-0.39, 0.29) is 86.2 Å². The molecule has 0 spiro atoms. The second-order valence-corrected chi connectivity index (χ2v) is 36.0. The number of nitrogens with zero attached hydrogens (tertiary/aromatic N) is 6. The molecule has 0 saturated carbocycles. The van der Waals surface area contributed by atoms with Crippen molar-refractivity contribution in [3.8, 4) is 0 Å². The summed E-state index contributed by atoms with van der Waals surface area (Å²) in [6.45, 7) is 36.2. The first-order valence-corrected chi connectivity index (χ1v) is 47.6. The number of ether oxygens (including phenoxy) is 2. The molecule has 23 nitrogen and oxygen atoms in total. The molecule has 2 saturated heterocycles. The smallest absolute Gasteiger partial charge is 0.373 e. The van der Waals surface area contributed by atoms with Gasteiger partial charge in [-0.25, -0.2) is 31.4 Å². The molecular formula is C115H145F6N9O14. The summed E-state index contributed by atoms with van der Waals surface area (Å²) in [5.41, 5.74) is 12.0. The molecule has 144 heavy (non-hydrogen) atoms. The molecule has 2 fully saturated rings. The zero-order valence-corrected chi connectivity index (χ0v) is 87.4. The lowest BCUT2D eigenvalue weighted by Gasteiger charge is -2.36. The molecule has 3 N–H and O–H groups in total. The van der Waals surface area contributed by atoms with Gasteiger partial charge in [0.1, 0.15) is 34.9 Å². The Balaban J connectivity index is 0.000000416. The Labute approximate surface area is 847 Å². The maximum Gasteiger partial charge on any atom is 0.373 e. The number of unbranched alkanes of at least 4 members (excludes halogenated alkanes) is 1. The Morgan fingerprint density at radius 2 is 0.799 bits per heavy atom. The molecule has 0 aliphatic carbocycles. The minimum atomic E-state index is -0.529. The van der Waals surface area contributed by atoms with E-state index >= 15 is 0 Å². The zero-order valence-electron chi connectivity index (χ0n) is 87.4. The molecule has 0 radical (unpaired) electrons. The number of nitrogens with one attached hydrogen (secondary N) is 3. The number of hydrogen-bond donors (Lipinski definition) is 3. The zero-order chi connectivity index (χ0) is 108. The number of rotatable bonds is 28. The highest BCUT2D eigenvalue weighted by Crippen LogP contribution is 2.25. The summed E-state index contributed by atoms with van der Waals surface area (Å²) in [7, 11) is 13.4. The van der Waals surface area contributed by atoms with Crippen molar-refractivity contribution in [2.45, 2.75) is 166 Å². The Kier molecular flexibility index (Phi) is 57.9. The topological polar surface area (TPSA) is 271 Å². The van der Waals surface area contributed by atoms with Crippen molar-refractivity contribution in [2.75, 3.05) is 122 Å². The summed E-state index contributed by atoms with van der Waals surface area (Å²) in [4.78, 5) is 136. The van der Waals surface area contributed by atoms with E-state index in [0.29, 0.717) is 70.3 Å². The Morgan fingerprint density at radius 1 is 0.431 bits per heavy atom. The number of aryl methyl sites for hydroxylation is 9. The lowest BCUT2D eigenvalue weighted by Crippen LogP contribution is -2.45. The number of piperidine rings is 1. The first-order chi connectivity index (χ1) is 68.3. The van der Waals surface area contributed by atoms with E-state index in [4.69, 9.17) is 19.1 Å². The van der Waals surface area contributed by atoms with Crippen LogP contribution in [0.5, 0.6) is 0 Å². The molecule has 10 aromatic carbocycles. The van der Waals surface area contributed by atoms with E-state index in [1.165, 1.54) is 129 Å². The van der Waals surface area contributed by atoms with Crippen LogP contribution in [-0.4, -0.2) is 222 Å². The van der Waals surface area contributed by atoms with E-state index < -0.39 is 46.7 Å². The van der Waals surface area contributed by atoms with Crippen molar-refractivity contribution in [1.82, 2.24) is 45.5 Å². The summed E-state index contributed by atoms with van der Waals surface area (Å²) in [5, 5.41) is 8.94. The molecule has 10 aromatic rings. The van der Waals surface area contributed by atoms with Crippen LogP contribution in [-0.2, 0) is 30.4 Å². The first-order valence-electron chi connectivity index (χ1n) is 47.6. The van der Waals surface area contributed by atoms with Gasteiger partial charge in [-0.1, -0.05) is 138 Å². The van der Waals surface area contributed by atoms with Gasteiger partial charge in [0.15, 0.2) is 11.6 Å². The number of Topliss-reactive ketones (excluding diaryl/α,β-unsaturated/α-hetero) is 2. The summed E-state index contributed by atoms with van der Waals surface area (Å²) >= 11 is 0. The molecule has 7 amide bonds. The molecular weight excluding hydrogens is 1850 g/mol. The molecule has 2 aliphatic heterocycles. The first kappa shape index (κ1) is 124. The van der Waals surface area contributed by atoms with Crippen LogP contribution in [0.1, 0.15) is 234 Å². The van der Waals surface area contributed by atoms with Crippen molar-refractivity contribution >= 4 is 59.1 Å². The van der Waals surface area contributed by atoms with Gasteiger partial charge < -0.3 is 49.9 Å². The molecule has 0 aromatic heterocycles. The Hall–Kier alpha value is -13.7. The van der Waals surface area contributed by atoms with Crippen molar-refractivity contribution < 1.29 is 93.4 Å². The molecule has 776 valence electrons. The van der Waals surface area contributed by atoms with Gasteiger partial charge in [-0.05, 0) is 305 Å². The van der Waals surface area contributed by atoms with E-state index in [0.717, 1.165) is 106 Å². The third-order valence-corrected chi connectivity index (χ3v) is 22.0. The minimum Gasteiger partial charge on any atom is -0.383 e. The van der Waals surface area contributed by atoms with Crippen LogP contribution in [0.25, 0.3) is 0 Å². The number of methoxy groups -OCH3 is 2. The molecule has 2 aliphatic rings. The van der Waals surface area contributed by atoms with E-state index in [1.807, 2.05) is 143 Å². The number of ketones is 2. The van der Waals surface area contributed by atoms with Gasteiger partial charge in [0, 0.05) is 116 Å². The van der Waals surface area contributed by atoms with Crippen LogP contribution >= 0.6 is 0 Å². The number of likely N-dealkylation sites (tertiary alicyclic amines) is 2. The highest BCUT2D eigenvalue weighted by Gasteiger charge is 2.30. The maximum atomic E-state index is 13.6. The highest BCUT2D eigenvalue weighted by molar-refractivity contribution is 5.99. The molecule has 0 atom stereocenters. The van der Waals surface area contributed by atoms with E-state index in [2.05, 4.69) is 58.2 Å². The van der Waals surface area contributed by atoms with E-state index in [1.54, 1.807) is 124 Å². The average molecular weight is 1990 g/mol. The van der Waals surface area contributed by atoms with Crippen LogP contribution in [0.2, 0.25) is 0 Å². The molecule has 2 heterocycles. The van der Waals surface area contributed by atoms with Gasteiger partial charge in [0.05, 0.1) is 53.7 Å². The van der Waals surface area contributed by atoms with Crippen molar-refractivity contribution in [3.63, 3.8) is 0 Å². The number of benzene rings is 10. The van der Waals surface area contributed by atoms with Crippen molar-refractivity contribution in [3.05, 3.63) is 366 Å². The van der Waals surface area contributed by atoms with Gasteiger partial charge in [0.25, 0.3) is 41.4 Å². The molecule has 12 rings (SSSR count). The summed E-state index contributed by atoms with van der Waals surface area (Å²) < 4.78 is 90.0. The van der Waals surface area contributed by atoms with Gasteiger partial charge in [-0.2, -0.15) is 9.59 Å². The Morgan fingerprint density at radius 3 is 1.17 bits per heavy atom. The lowest BCUT2D eigenvalue weighted by molar-refractivity contribution is -0.191. The minimum absolute atomic E-state index is 0.0138. The van der Waals surface area contributed by atoms with Gasteiger partial charge in [-0.15, -0.1) is 6.58 Å². The predicted octanol–water partition coefficient (Wildman–Crippen LogP) is 21.2. The van der Waals surface area contributed by atoms with Crippen LogP contribution < -0.4 is 16.0 Å². The van der Waals surface area contributed by atoms with Crippen molar-refractivity contribution in [1.29, 1.82) is 0 Å². The fourth-order valence-corrected chi connectivity index (χ4v) is 13.9. The summed E-state index contributed by atoms with van der Waals surface area (Å²) in [5.74, 6) is -4.46. The fraction of sp³-hybridized carbons (Fsp3) is 0.374. The third kappa shape index (κ3) is 47.5. The monoisotopic (exact) mass is 1990 g/mol. The maximum absolute atomic E-state index is 13.6. The number of hydroxylamine groups is 2. The van der Waals surface area contributed by atoms with Crippen molar-refractivity contribution in [2.24, 2.45) is 0 Å². The second kappa shape index (κ2) is 67.0. The van der Waals surface area contributed by atoms with E-state index in [9.17, 15) is 69.5 Å². The largest absolute Gasteiger partial charge is 0.383 e. The fourth-order valence-electron chi connectivity index (χ4n) is 13.9. The van der Waals surface area contributed by atoms with Crippen LogP contribution in [0.4, 0.5) is 26.3 Å². The number of allylic oxidation sites excluding steroid dienone is 1. The lowest BCUT2D eigenvalue weighted by atomic mass is 10.0. The molecule has 0 bridgehead atoms.